The molecule has 1 aliphatic rings. The van der Waals surface area contributed by atoms with Crippen molar-refractivity contribution in [1.82, 2.24) is 9.97 Å². The summed E-state index contributed by atoms with van der Waals surface area (Å²) in [7, 11) is 0. The number of nitrogen functional groups attached to an aromatic ring is 1. The maximum Gasteiger partial charge on any atom is 0.222 e. The highest BCUT2D eigenvalue weighted by molar-refractivity contribution is 6.30. The minimum Gasteiger partial charge on any atom is -0.452 e. The summed E-state index contributed by atoms with van der Waals surface area (Å²) in [6.45, 7) is 0. The van der Waals surface area contributed by atoms with Crippen LogP contribution in [0.25, 0.3) is 0 Å². The van der Waals surface area contributed by atoms with E-state index in [2.05, 4.69) is 15.3 Å². The third-order valence-corrected chi connectivity index (χ3v) is 3.95. The largest absolute Gasteiger partial charge is 0.452 e. The van der Waals surface area contributed by atoms with E-state index in [-0.39, 0.29) is 12.0 Å². The Morgan fingerprint density at radius 2 is 1.91 bits per heavy atom. The minimum atomic E-state index is 0.169. The van der Waals surface area contributed by atoms with Crippen molar-refractivity contribution in [3.05, 3.63) is 35.5 Å². The fourth-order valence-electron chi connectivity index (χ4n) is 2.47. The fraction of sp³-hybridized carbons (Fsp3) is 0.312. The molecule has 3 N–H and O–H groups in total. The van der Waals surface area contributed by atoms with Crippen LogP contribution in [0.15, 0.2) is 30.5 Å². The smallest absolute Gasteiger partial charge is 0.222 e. The lowest BCUT2D eigenvalue weighted by Crippen LogP contribution is -2.26. The van der Waals surface area contributed by atoms with Crippen LogP contribution in [0, 0.1) is 0 Å². The number of anilines is 2. The molecule has 0 spiro atoms. The highest BCUT2D eigenvalue weighted by atomic mass is 35.5. The fourth-order valence-corrected chi connectivity index (χ4v) is 2.60. The van der Waals surface area contributed by atoms with Crippen LogP contribution in [0.3, 0.4) is 0 Å². The molecule has 3 rings (SSSR count). The Balaban J connectivity index is 1.77. The summed E-state index contributed by atoms with van der Waals surface area (Å²) in [4.78, 5) is 19.5. The zero-order chi connectivity index (χ0) is 16.2. The minimum absolute atomic E-state index is 0.169. The van der Waals surface area contributed by atoms with Gasteiger partial charge in [-0.25, -0.2) is 4.98 Å². The van der Waals surface area contributed by atoms with Crippen molar-refractivity contribution >= 4 is 29.2 Å². The molecule has 1 aromatic heterocycles. The predicted octanol–water partition coefficient (Wildman–Crippen LogP) is 3.43. The first-order chi connectivity index (χ1) is 11.1. The van der Waals surface area contributed by atoms with Crippen molar-refractivity contribution < 1.29 is 9.53 Å². The molecule has 1 saturated carbocycles. The van der Waals surface area contributed by atoms with Crippen molar-refractivity contribution in [2.75, 3.05) is 11.1 Å². The normalized spacial score (nSPS) is 15.4. The van der Waals surface area contributed by atoms with E-state index < -0.39 is 0 Å². The Morgan fingerprint density at radius 1 is 1.22 bits per heavy atom. The number of rotatable bonds is 4. The first-order valence-electron chi connectivity index (χ1n) is 7.44. The number of aromatic nitrogens is 2. The second-order valence-electron chi connectivity index (χ2n) is 5.45. The lowest BCUT2D eigenvalue weighted by molar-refractivity contribution is -0.120. The van der Waals surface area contributed by atoms with E-state index in [9.17, 15) is 4.79 Å². The first-order valence-corrected chi connectivity index (χ1v) is 7.82. The van der Waals surface area contributed by atoms with Crippen molar-refractivity contribution in [2.24, 2.45) is 0 Å². The Morgan fingerprint density at radius 3 is 2.61 bits per heavy atom. The number of carbonyl (C=O) groups excluding carboxylic acids is 1. The quantitative estimate of drug-likeness (QED) is 0.891. The zero-order valence-electron chi connectivity index (χ0n) is 12.5. The van der Waals surface area contributed by atoms with Crippen molar-refractivity contribution in [1.29, 1.82) is 0 Å². The van der Waals surface area contributed by atoms with Gasteiger partial charge in [0.2, 0.25) is 5.95 Å². The maximum atomic E-state index is 11.3. The maximum absolute atomic E-state index is 11.3. The SMILES string of the molecule is Nc1ncc(Oc2ccc(Cl)cc2)c(NC2CCC(=O)CC2)n1. The Hall–Kier alpha value is -2.34. The molecule has 1 heterocycles. The van der Waals surface area contributed by atoms with E-state index in [1.54, 1.807) is 24.3 Å². The number of nitrogens with one attached hydrogen (secondary N) is 1. The number of halogens is 1. The van der Waals surface area contributed by atoms with Gasteiger partial charge in [-0.15, -0.1) is 0 Å². The second-order valence-corrected chi connectivity index (χ2v) is 5.89. The van der Waals surface area contributed by atoms with E-state index in [1.165, 1.54) is 6.20 Å². The molecule has 7 heteroatoms. The van der Waals surface area contributed by atoms with E-state index in [1.807, 2.05) is 0 Å². The van der Waals surface area contributed by atoms with E-state index in [0.717, 1.165) is 12.8 Å². The lowest BCUT2D eigenvalue weighted by Gasteiger charge is -2.23. The number of nitrogens with zero attached hydrogens (tertiary/aromatic N) is 2. The van der Waals surface area contributed by atoms with Crippen LogP contribution in [0.1, 0.15) is 25.7 Å². The number of ether oxygens (including phenoxy) is 1. The average Bonchev–Trinajstić information content (AvgIpc) is 2.54. The standard InChI is InChI=1S/C16H17ClN4O2/c17-10-1-7-13(8-2-10)23-14-9-19-16(18)21-15(14)20-11-3-5-12(22)6-4-11/h1-2,7-9,11H,3-6H2,(H3,18,19,20,21). The van der Waals surface area contributed by atoms with Crippen LogP contribution in [0.2, 0.25) is 5.02 Å². The molecular weight excluding hydrogens is 316 g/mol. The van der Waals surface area contributed by atoms with E-state index in [4.69, 9.17) is 22.1 Å². The van der Waals surface area contributed by atoms with Gasteiger partial charge in [0, 0.05) is 23.9 Å². The Bertz CT molecular complexity index is 696. The summed E-state index contributed by atoms with van der Waals surface area (Å²) in [6, 6.07) is 7.20. The summed E-state index contributed by atoms with van der Waals surface area (Å²) >= 11 is 5.87. The number of nitrogens with two attached hydrogens (primary N) is 1. The molecule has 120 valence electrons. The third-order valence-electron chi connectivity index (χ3n) is 3.70. The summed E-state index contributed by atoms with van der Waals surface area (Å²) < 4.78 is 5.81. The average molecular weight is 333 g/mol. The van der Waals surface area contributed by atoms with Gasteiger partial charge in [-0.2, -0.15) is 4.98 Å². The van der Waals surface area contributed by atoms with E-state index in [0.29, 0.717) is 41.0 Å². The number of hydrogen-bond acceptors (Lipinski definition) is 6. The molecule has 0 bridgehead atoms. The second kappa shape index (κ2) is 6.83. The molecule has 0 unspecified atom stereocenters. The van der Waals surface area contributed by atoms with Crippen molar-refractivity contribution in [3.63, 3.8) is 0 Å². The van der Waals surface area contributed by atoms with Crippen LogP contribution in [-0.2, 0) is 4.79 Å². The van der Waals surface area contributed by atoms with Crippen LogP contribution < -0.4 is 15.8 Å². The molecule has 1 fully saturated rings. The van der Waals surface area contributed by atoms with Gasteiger partial charge in [0.15, 0.2) is 11.6 Å². The molecule has 0 radical (unpaired) electrons. The third kappa shape index (κ3) is 4.10. The summed E-state index contributed by atoms with van der Waals surface area (Å²) in [6.07, 6.45) is 4.27. The van der Waals surface area contributed by atoms with Crippen LogP contribution in [-0.4, -0.2) is 21.8 Å². The molecule has 0 amide bonds. The number of hydrogen-bond donors (Lipinski definition) is 2. The van der Waals surface area contributed by atoms with Crippen LogP contribution in [0.4, 0.5) is 11.8 Å². The van der Waals surface area contributed by atoms with Gasteiger partial charge < -0.3 is 15.8 Å². The Labute approximate surface area is 139 Å². The summed E-state index contributed by atoms with van der Waals surface area (Å²) in [5.74, 6) is 2.13. The molecule has 6 nitrogen and oxygen atoms in total. The van der Waals surface area contributed by atoms with Crippen LogP contribution >= 0.6 is 11.6 Å². The van der Waals surface area contributed by atoms with Gasteiger partial charge in [0.25, 0.3) is 0 Å². The highest BCUT2D eigenvalue weighted by Gasteiger charge is 2.20. The predicted molar refractivity (Wildman–Crippen MR) is 88.9 cm³/mol. The highest BCUT2D eigenvalue weighted by Crippen LogP contribution is 2.30. The number of Topliss-reactive ketones (excluding diaryl/α,β-unsaturated/α-hetero) is 1. The summed E-state index contributed by atoms with van der Waals surface area (Å²) in [5, 5.41) is 3.94. The number of ketones is 1. The monoisotopic (exact) mass is 332 g/mol. The van der Waals surface area contributed by atoms with Crippen molar-refractivity contribution in [2.45, 2.75) is 31.7 Å². The molecule has 0 aliphatic heterocycles. The van der Waals surface area contributed by atoms with Gasteiger partial charge in [-0.05, 0) is 37.1 Å². The molecule has 1 aromatic carbocycles. The summed E-state index contributed by atoms with van der Waals surface area (Å²) in [5.41, 5.74) is 5.68. The molecular formula is C16H17ClN4O2. The van der Waals surface area contributed by atoms with Gasteiger partial charge in [-0.3, -0.25) is 4.79 Å². The molecule has 1 aliphatic carbocycles. The Kier molecular flexibility index (Phi) is 4.62. The van der Waals surface area contributed by atoms with E-state index >= 15 is 0 Å². The number of carbonyl (C=O) groups is 1. The van der Waals surface area contributed by atoms with Gasteiger partial charge in [0.05, 0.1) is 6.20 Å². The zero-order valence-corrected chi connectivity index (χ0v) is 13.2. The topological polar surface area (TPSA) is 90.1 Å². The molecule has 0 saturated heterocycles. The molecule has 0 atom stereocenters. The number of benzene rings is 1. The van der Waals surface area contributed by atoms with Gasteiger partial charge in [-0.1, -0.05) is 11.6 Å². The van der Waals surface area contributed by atoms with Crippen molar-refractivity contribution in [3.8, 4) is 11.5 Å². The molecule has 2 aromatic rings. The van der Waals surface area contributed by atoms with Gasteiger partial charge in [0.1, 0.15) is 11.5 Å². The first kappa shape index (κ1) is 15.6. The lowest BCUT2D eigenvalue weighted by atomic mass is 9.94. The molecule has 23 heavy (non-hydrogen) atoms. The van der Waals surface area contributed by atoms with Gasteiger partial charge >= 0.3 is 0 Å². The van der Waals surface area contributed by atoms with Crippen LogP contribution in [0.5, 0.6) is 11.5 Å².